The van der Waals surface area contributed by atoms with Crippen molar-refractivity contribution in [2.24, 2.45) is 0 Å². The molecule has 3 aromatic rings. The molecule has 1 atom stereocenters. The lowest BCUT2D eigenvalue weighted by molar-refractivity contribution is -0.121. The van der Waals surface area contributed by atoms with Crippen LogP contribution >= 0.6 is 0 Å². The Labute approximate surface area is 158 Å². The fourth-order valence-electron chi connectivity index (χ4n) is 4.01. The van der Waals surface area contributed by atoms with Crippen LogP contribution in [0.15, 0.2) is 54.7 Å². The molecule has 0 saturated carbocycles. The molecule has 140 valence electrons. The molecule has 1 aliphatic rings. The third-order valence-corrected chi connectivity index (χ3v) is 5.61. The van der Waals surface area contributed by atoms with Crippen LogP contribution in [0.4, 0.5) is 10.1 Å². The Morgan fingerprint density at radius 2 is 1.96 bits per heavy atom. The minimum Gasteiger partial charge on any atom is -0.361 e. The molecule has 5 heteroatoms. The summed E-state index contributed by atoms with van der Waals surface area (Å²) >= 11 is 0. The number of rotatable bonds is 4. The summed E-state index contributed by atoms with van der Waals surface area (Å²) in [5.74, 6) is 0.0713. The van der Waals surface area contributed by atoms with E-state index in [1.165, 1.54) is 28.6 Å². The zero-order valence-corrected chi connectivity index (χ0v) is 15.4. The Kier molecular flexibility index (Phi) is 4.94. The van der Waals surface area contributed by atoms with Gasteiger partial charge in [-0.2, -0.15) is 0 Å². The van der Waals surface area contributed by atoms with Crippen LogP contribution in [0.3, 0.4) is 0 Å². The average Bonchev–Trinajstić information content (AvgIpc) is 3.12. The van der Waals surface area contributed by atoms with Gasteiger partial charge >= 0.3 is 0 Å². The van der Waals surface area contributed by atoms with Crippen LogP contribution in [0, 0.1) is 5.82 Å². The first-order valence-corrected chi connectivity index (χ1v) is 9.48. The largest absolute Gasteiger partial charge is 0.361 e. The van der Waals surface area contributed by atoms with Gasteiger partial charge in [0.2, 0.25) is 5.91 Å². The van der Waals surface area contributed by atoms with Crippen LogP contribution in [0.25, 0.3) is 10.9 Å². The van der Waals surface area contributed by atoms with Crippen LogP contribution in [0.5, 0.6) is 0 Å². The standard InChI is InChI=1S/C22H24FN3O/c1-15(22(27)25-18-6-4-5-17(23)13-18)26-11-9-16(10-12-26)20-14-24-21-8-3-2-7-19(20)21/h2-8,13-16,24H,9-12H2,1H3,(H,25,27)/t15-/m0/s1. The lowest BCUT2D eigenvalue weighted by Gasteiger charge is -2.35. The number of aromatic amines is 1. The molecule has 1 amide bonds. The van der Waals surface area contributed by atoms with Gasteiger partial charge in [-0.15, -0.1) is 0 Å². The van der Waals surface area contributed by atoms with Crippen molar-refractivity contribution in [2.75, 3.05) is 18.4 Å². The maximum Gasteiger partial charge on any atom is 0.241 e. The molecule has 0 aliphatic carbocycles. The van der Waals surface area contributed by atoms with Crippen molar-refractivity contribution in [2.45, 2.75) is 31.7 Å². The van der Waals surface area contributed by atoms with Crippen LogP contribution in [-0.2, 0) is 4.79 Å². The molecule has 1 aliphatic heterocycles. The van der Waals surface area contributed by atoms with Crippen molar-refractivity contribution >= 4 is 22.5 Å². The molecule has 1 saturated heterocycles. The number of fused-ring (bicyclic) bond motifs is 1. The first-order chi connectivity index (χ1) is 13.1. The van der Waals surface area contributed by atoms with Crippen molar-refractivity contribution in [1.29, 1.82) is 0 Å². The minimum absolute atomic E-state index is 0.0915. The highest BCUT2D eigenvalue weighted by Crippen LogP contribution is 2.33. The molecule has 2 N–H and O–H groups in total. The Morgan fingerprint density at radius 3 is 2.74 bits per heavy atom. The van der Waals surface area contributed by atoms with E-state index in [4.69, 9.17) is 0 Å². The molecule has 2 aromatic carbocycles. The third-order valence-electron chi connectivity index (χ3n) is 5.61. The van der Waals surface area contributed by atoms with Gasteiger partial charge in [-0.25, -0.2) is 4.39 Å². The van der Waals surface area contributed by atoms with E-state index in [1.807, 2.05) is 13.0 Å². The van der Waals surface area contributed by atoms with E-state index in [9.17, 15) is 9.18 Å². The SMILES string of the molecule is C[C@@H](C(=O)Nc1cccc(F)c1)N1CCC(c2c[nH]c3ccccc23)CC1. The first-order valence-electron chi connectivity index (χ1n) is 9.48. The smallest absolute Gasteiger partial charge is 0.241 e. The highest BCUT2D eigenvalue weighted by Gasteiger charge is 2.28. The van der Waals surface area contributed by atoms with E-state index in [-0.39, 0.29) is 17.8 Å². The molecule has 1 fully saturated rings. The summed E-state index contributed by atoms with van der Waals surface area (Å²) < 4.78 is 13.3. The van der Waals surface area contributed by atoms with Gasteiger partial charge in [0.05, 0.1) is 6.04 Å². The molecule has 0 bridgehead atoms. The van der Waals surface area contributed by atoms with Crippen LogP contribution in [0.1, 0.15) is 31.2 Å². The van der Waals surface area contributed by atoms with Gasteiger partial charge in [-0.3, -0.25) is 9.69 Å². The van der Waals surface area contributed by atoms with Crippen LogP contribution in [-0.4, -0.2) is 34.9 Å². The summed E-state index contributed by atoms with van der Waals surface area (Å²) in [4.78, 5) is 18.1. The minimum atomic E-state index is -0.347. The Balaban J connectivity index is 1.37. The maximum absolute atomic E-state index is 13.3. The van der Waals surface area contributed by atoms with Gasteiger partial charge in [0.25, 0.3) is 0 Å². The van der Waals surface area contributed by atoms with Crippen LogP contribution < -0.4 is 5.32 Å². The predicted molar refractivity (Wildman–Crippen MR) is 106 cm³/mol. The summed E-state index contributed by atoms with van der Waals surface area (Å²) in [5, 5.41) is 4.12. The number of amides is 1. The zero-order valence-electron chi connectivity index (χ0n) is 15.4. The molecule has 0 spiro atoms. The molecular weight excluding hydrogens is 341 g/mol. The number of hydrogen-bond acceptors (Lipinski definition) is 2. The molecule has 1 aromatic heterocycles. The normalized spacial score (nSPS) is 17.1. The summed E-state index contributed by atoms with van der Waals surface area (Å²) in [6.45, 7) is 3.67. The van der Waals surface area contributed by atoms with Gasteiger partial charge in [-0.05, 0) is 68.6 Å². The molecule has 0 radical (unpaired) electrons. The number of halogens is 1. The Bertz CT molecular complexity index is 943. The number of likely N-dealkylation sites (tertiary alicyclic amines) is 1. The summed E-state index contributed by atoms with van der Waals surface area (Å²) in [6, 6.07) is 14.2. The van der Waals surface area contributed by atoms with E-state index in [0.29, 0.717) is 11.6 Å². The van der Waals surface area contributed by atoms with Crippen LogP contribution in [0.2, 0.25) is 0 Å². The van der Waals surface area contributed by atoms with Gasteiger partial charge in [0, 0.05) is 22.8 Å². The second-order valence-electron chi connectivity index (χ2n) is 7.28. The number of benzene rings is 2. The summed E-state index contributed by atoms with van der Waals surface area (Å²) in [5.41, 5.74) is 3.06. The molecule has 27 heavy (non-hydrogen) atoms. The lowest BCUT2D eigenvalue weighted by atomic mass is 9.88. The fourth-order valence-corrected chi connectivity index (χ4v) is 4.01. The van der Waals surface area contributed by atoms with Gasteiger partial charge in [0.15, 0.2) is 0 Å². The number of anilines is 1. The van der Waals surface area contributed by atoms with Gasteiger partial charge < -0.3 is 10.3 Å². The molecule has 4 nitrogen and oxygen atoms in total. The number of piperidine rings is 1. The van der Waals surface area contributed by atoms with E-state index in [0.717, 1.165) is 25.9 Å². The lowest BCUT2D eigenvalue weighted by Crippen LogP contribution is -2.45. The zero-order chi connectivity index (χ0) is 18.8. The molecule has 2 heterocycles. The quantitative estimate of drug-likeness (QED) is 0.714. The highest BCUT2D eigenvalue weighted by molar-refractivity contribution is 5.94. The van der Waals surface area contributed by atoms with Crippen molar-refractivity contribution in [1.82, 2.24) is 9.88 Å². The monoisotopic (exact) mass is 365 g/mol. The van der Waals surface area contributed by atoms with E-state index in [1.54, 1.807) is 12.1 Å². The number of hydrogen-bond donors (Lipinski definition) is 2. The summed E-state index contributed by atoms with van der Waals surface area (Å²) in [6.07, 6.45) is 4.18. The number of nitrogens with one attached hydrogen (secondary N) is 2. The van der Waals surface area contributed by atoms with Crippen molar-refractivity contribution in [3.63, 3.8) is 0 Å². The summed E-state index contributed by atoms with van der Waals surface area (Å²) in [7, 11) is 0. The molecular formula is C22H24FN3O. The first kappa shape index (κ1) is 17.7. The predicted octanol–water partition coefficient (Wildman–Crippen LogP) is 4.51. The highest BCUT2D eigenvalue weighted by atomic mass is 19.1. The van der Waals surface area contributed by atoms with Gasteiger partial charge in [0.1, 0.15) is 5.82 Å². The Morgan fingerprint density at radius 1 is 1.19 bits per heavy atom. The number of carbonyl (C=O) groups excluding carboxylic acids is 1. The average molecular weight is 365 g/mol. The number of para-hydroxylation sites is 1. The van der Waals surface area contributed by atoms with Crippen molar-refractivity contribution in [3.05, 3.63) is 66.1 Å². The van der Waals surface area contributed by atoms with Crippen molar-refractivity contribution in [3.8, 4) is 0 Å². The fraction of sp³-hybridized carbons (Fsp3) is 0.318. The van der Waals surface area contributed by atoms with E-state index in [2.05, 4.69) is 39.6 Å². The molecule has 4 rings (SSSR count). The molecule has 0 unspecified atom stereocenters. The third kappa shape index (κ3) is 3.74. The number of carbonyl (C=O) groups is 1. The number of nitrogens with zero attached hydrogens (tertiary/aromatic N) is 1. The van der Waals surface area contributed by atoms with Gasteiger partial charge in [-0.1, -0.05) is 24.3 Å². The Hall–Kier alpha value is -2.66. The number of H-pyrrole nitrogens is 1. The van der Waals surface area contributed by atoms with Crippen molar-refractivity contribution < 1.29 is 9.18 Å². The number of aromatic nitrogens is 1. The topological polar surface area (TPSA) is 48.1 Å². The van der Waals surface area contributed by atoms with E-state index < -0.39 is 0 Å². The second-order valence-corrected chi connectivity index (χ2v) is 7.28. The maximum atomic E-state index is 13.3. The second kappa shape index (κ2) is 7.53. The van der Waals surface area contributed by atoms with E-state index >= 15 is 0 Å².